The van der Waals surface area contributed by atoms with Crippen LogP contribution in [0.15, 0.2) is 54.6 Å². The minimum Gasteiger partial charge on any atom is -0.343 e. The van der Waals surface area contributed by atoms with Gasteiger partial charge in [0, 0.05) is 38.7 Å². The molecule has 0 spiro atoms. The largest absolute Gasteiger partial charge is 0.343 e. The van der Waals surface area contributed by atoms with Crippen molar-refractivity contribution < 1.29 is 9.59 Å². The lowest BCUT2D eigenvalue weighted by molar-refractivity contribution is -0.132. The zero-order valence-electron chi connectivity index (χ0n) is 16.9. The predicted molar refractivity (Wildman–Crippen MR) is 113 cm³/mol. The summed E-state index contributed by atoms with van der Waals surface area (Å²) >= 11 is 0. The maximum absolute atomic E-state index is 12.7. The zero-order valence-corrected chi connectivity index (χ0v) is 16.9. The molecule has 4 nitrogen and oxygen atoms in total. The summed E-state index contributed by atoms with van der Waals surface area (Å²) in [5, 5.41) is 0. The molecule has 1 aliphatic rings. The van der Waals surface area contributed by atoms with Crippen LogP contribution in [0.25, 0.3) is 0 Å². The predicted octanol–water partition coefficient (Wildman–Crippen LogP) is 4.22. The summed E-state index contributed by atoms with van der Waals surface area (Å²) in [6.45, 7) is 5.65. The maximum atomic E-state index is 12.7. The third-order valence-electron chi connectivity index (χ3n) is 5.61. The zero-order chi connectivity index (χ0) is 19.9. The first-order valence-corrected chi connectivity index (χ1v) is 10.2. The van der Waals surface area contributed by atoms with E-state index < -0.39 is 0 Å². The molecule has 0 aliphatic carbocycles. The summed E-state index contributed by atoms with van der Waals surface area (Å²) in [5.41, 5.74) is 3.39. The Hall–Kier alpha value is -2.62. The lowest BCUT2D eigenvalue weighted by Crippen LogP contribution is -2.41. The molecule has 1 saturated heterocycles. The van der Waals surface area contributed by atoms with Crippen molar-refractivity contribution in [2.24, 2.45) is 5.92 Å². The number of rotatable bonds is 6. The van der Waals surface area contributed by atoms with E-state index in [4.69, 9.17) is 0 Å². The van der Waals surface area contributed by atoms with Crippen molar-refractivity contribution in [3.05, 3.63) is 65.7 Å². The fourth-order valence-corrected chi connectivity index (χ4v) is 3.89. The summed E-state index contributed by atoms with van der Waals surface area (Å²) in [4.78, 5) is 28.4. The van der Waals surface area contributed by atoms with Crippen LogP contribution in [0.4, 0.5) is 5.69 Å². The molecule has 0 bridgehead atoms. The Morgan fingerprint density at radius 2 is 1.64 bits per heavy atom. The molecule has 1 heterocycles. The molecule has 1 fully saturated rings. The Morgan fingerprint density at radius 1 is 1.00 bits per heavy atom. The van der Waals surface area contributed by atoms with Crippen LogP contribution in [0, 0.1) is 12.8 Å². The monoisotopic (exact) mass is 378 g/mol. The van der Waals surface area contributed by atoms with E-state index in [0.29, 0.717) is 18.9 Å². The highest BCUT2D eigenvalue weighted by Crippen LogP contribution is 2.22. The number of hydrogen-bond acceptors (Lipinski definition) is 2. The van der Waals surface area contributed by atoms with Gasteiger partial charge in [-0.25, -0.2) is 0 Å². The third-order valence-corrected chi connectivity index (χ3v) is 5.61. The number of aryl methyl sites for hydroxylation is 1. The molecule has 0 saturated carbocycles. The van der Waals surface area contributed by atoms with Crippen LogP contribution >= 0.6 is 0 Å². The molecule has 2 amide bonds. The van der Waals surface area contributed by atoms with Gasteiger partial charge in [-0.15, -0.1) is 0 Å². The highest BCUT2D eigenvalue weighted by molar-refractivity contribution is 5.92. The van der Waals surface area contributed by atoms with Crippen molar-refractivity contribution in [2.45, 2.75) is 39.5 Å². The van der Waals surface area contributed by atoms with Crippen molar-refractivity contribution >= 4 is 17.5 Å². The fourth-order valence-electron chi connectivity index (χ4n) is 3.89. The maximum Gasteiger partial charge on any atom is 0.224 e. The summed E-state index contributed by atoms with van der Waals surface area (Å²) in [6, 6.07) is 18.4. The number of nitrogens with zero attached hydrogens (tertiary/aromatic N) is 2. The number of likely N-dealkylation sites (tertiary alicyclic amines) is 1. The Bertz CT molecular complexity index is 778. The number of piperidine rings is 1. The fraction of sp³-hybridized carbons (Fsp3) is 0.417. The van der Waals surface area contributed by atoms with E-state index in [-0.39, 0.29) is 11.8 Å². The van der Waals surface area contributed by atoms with Gasteiger partial charge >= 0.3 is 0 Å². The quantitative estimate of drug-likeness (QED) is 0.755. The molecule has 2 aromatic carbocycles. The number of hydrogen-bond donors (Lipinski definition) is 0. The van der Waals surface area contributed by atoms with Crippen LogP contribution in [0.3, 0.4) is 0 Å². The lowest BCUT2D eigenvalue weighted by Gasteiger charge is -2.33. The van der Waals surface area contributed by atoms with Crippen molar-refractivity contribution in [3.8, 4) is 0 Å². The van der Waals surface area contributed by atoms with E-state index in [1.165, 1.54) is 5.56 Å². The summed E-state index contributed by atoms with van der Waals surface area (Å²) in [5.74, 6) is 0.766. The number of carbonyl (C=O) groups is 2. The summed E-state index contributed by atoms with van der Waals surface area (Å²) in [7, 11) is 0. The van der Waals surface area contributed by atoms with Crippen LogP contribution in [-0.4, -0.2) is 36.3 Å². The highest BCUT2D eigenvalue weighted by Gasteiger charge is 2.23. The Kier molecular flexibility index (Phi) is 6.85. The third kappa shape index (κ3) is 5.44. The molecule has 4 heteroatoms. The summed E-state index contributed by atoms with van der Waals surface area (Å²) in [6.07, 6.45) is 3.56. The number of benzene rings is 2. The van der Waals surface area contributed by atoms with Crippen LogP contribution in [0.1, 0.15) is 37.3 Å². The SMILES string of the molecule is CC(=O)N(CCC(=O)N1CCC(Cc2ccccc2)CC1)c1ccc(C)cc1. The molecule has 2 aromatic rings. The first kappa shape index (κ1) is 20.1. The number of amides is 2. The first-order chi connectivity index (χ1) is 13.5. The molecule has 0 N–H and O–H groups in total. The van der Waals surface area contributed by atoms with Crippen LogP contribution in [0.5, 0.6) is 0 Å². The van der Waals surface area contributed by atoms with Crippen molar-refractivity contribution in [1.29, 1.82) is 0 Å². The van der Waals surface area contributed by atoms with E-state index >= 15 is 0 Å². The van der Waals surface area contributed by atoms with Crippen molar-refractivity contribution in [1.82, 2.24) is 4.90 Å². The molecule has 0 unspecified atom stereocenters. The molecule has 0 radical (unpaired) electrons. The van der Waals surface area contributed by atoms with Crippen LogP contribution < -0.4 is 4.90 Å². The van der Waals surface area contributed by atoms with Gasteiger partial charge in [-0.1, -0.05) is 48.0 Å². The second-order valence-corrected chi connectivity index (χ2v) is 7.77. The van der Waals surface area contributed by atoms with E-state index in [1.54, 1.807) is 11.8 Å². The van der Waals surface area contributed by atoms with Gasteiger partial charge in [-0.3, -0.25) is 9.59 Å². The number of carbonyl (C=O) groups excluding carboxylic acids is 2. The van der Waals surface area contributed by atoms with E-state index in [0.717, 1.165) is 43.6 Å². The van der Waals surface area contributed by atoms with Crippen molar-refractivity contribution in [2.75, 3.05) is 24.5 Å². The van der Waals surface area contributed by atoms with Gasteiger partial charge in [-0.05, 0) is 49.8 Å². The lowest BCUT2D eigenvalue weighted by atomic mass is 9.90. The Balaban J connectivity index is 1.48. The molecule has 0 aromatic heterocycles. The van der Waals surface area contributed by atoms with Gasteiger partial charge in [0.1, 0.15) is 0 Å². The van der Waals surface area contributed by atoms with Crippen LogP contribution in [0.2, 0.25) is 0 Å². The van der Waals surface area contributed by atoms with Gasteiger partial charge in [0.05, 0.1) is 0 Å². The van der Waals surface area contributed by atoms with Gasteiger partial charge < -0.3 is 9.80 Å². The minimum atomic E-state index is -0.0294. The minimum absolute atomic E-state index is 0.0294. The molecule has 1 aliphatic heterocycles. The van der Waals surface area contributed by atoms with Gasteiger partial charge in [0.25, 0.3) is 0 Å². The Labute approximate surface area is 168 Å². The van der Waals surface area contributed by atoms with Crippen molar-refractivity contribution in [3.63, 3.8) is 0 Å². The van der Waals surface area contributed by atoms with Gasteiger partial charge in [0.15, 0.2) is 0 Å². The second kappa shape index (κ2) is 9.54. The topological polar surface area (TPSA) is 40.6 Å². The van der Waals surface area contributed by atoms with E-state index in [9.17, 15) is 9.59 Å². The van der Waals surface area contributed by atoms with Crippen LogP contribution in [-0.2, 0) is 16.0 Å². The van der Waals surface area contributed by atoms with Gasteiger partial charge in [0.2, 0.25) is 11.8 Å². The molecule has 0 atom stereocenters. The smallest absolute Gasteiger partial charge is 0.224 e. The highest BCUT2D eigenvalue weighted by atomic mass is 16.2. The van der Waals surface area contributed by atoms with Gasteiger partial charge in [-0.2, -0.15) is 0 Å². The summed E-state index contributed by atoms with van der Waals surface area (Å²) < 4.78 is 0. The normalized spacial score (nSPS) is 14.7. The van der Waals surface area contributed by atoms with E-state index in [1.807, 2.05) is 42.2 Å². The average Bonchev–Trinajstić information content (AvgIpc) is 2.70. The standard InChI is InChI=1S/C24H30N2O2/c1-19-8-10-23(11-9-19)26(20(2)27)17-14-24(28)25-15-12-22(13-16-25)18-21-6-4-3-5-7-21/h3-11,22H,12-18H2,1-2H3. The number of anilines is 1. The molecular formula is C24H30N2O2. The molecule has 148 valence electrons. The molecular weight excluding hydrogens is 348 g/mol. The molecule has 3 rings (SSSR count). The first-order valence-electron chi connectivity index (χ1n) is 10.2. The Morgan fingerprint density at radius 3 is 2.25 bits per heavy atom. The second-order valence-electron chi connectivity index (χ2n) is 7.77. The molecule has 28 heavy (non-hydrogen) atoms. The average molecular weight is 379 g/mol. The van der Waals surface area contributed by atoms with E-state index in [2.05, 4.69) is 24.3 Å².